The van der Waals surface area contributed by atoms with Crippen LogP contribution < -0.4 is 20.9 Å². The molecule has 0 radical (unpaired) electrons. The van der Waals surface area contributed by atoms with E-state index < -0.39 is 16.1 Å². The monoisotopic (exact) mass is 856 g/mol. The zero-order valence-corrected chi connectivity index (χ0v) is 35.4. The number of hydrogen-bond donors (Lipinski definition) is 1. The maximum Gasteiger partial charge on any atom is 0.295 e. The van der Waals surface area contributed by atoms with Crippen LogP contribution in [0.1, 0.15) is 7.43 Å². The standard InChI is InChI=1S/C15H27BrN4O2Si.C9H13BrN4O.C6H15ClOSi.CH4/c1-18-5-7-19(8-6-18)14-15(21)20(11-13(16)17-14)12-22-9-10-23(2,3)4;1-13-2-4-14(5-3-13)8-9(15)11-6-7(10)12-8;1-9(2,3)5-4-8-6-7;/h11H,5-10,12H2,1-4H3;6H,2-5H2,1H3,(H,11,15);4-6H2,1-3H3;1H4. The third-order valence-corrected chi connectivity index (χ3v) is 11.9. The fourth-order valence-corrected chi connectivity index (χ4v) is 6.71. The normalized spacial score (nSPS) is 16.0. The van der Waals surface area contributed by atoms with E-state index in [9.17, 15) is 9.59 Å². The van der Waals surface area contributed by atoms with Crippen LogP contribution in [0.5, 0.6) is 0 Å². The first kappa shape index (κ1) is 44.9. The third kappa shape index (κ3) is 17.7. The Bertz CT molecular complexity index is 1330. The van der Waals surface area contributed by atoms with Crippen molar-refractivity contribution >= 4 is 71.2 Å². The molecule has 0 bridgehead atoms. The molecule has 0 amide bonds. The molecule has 2 fully saturated rings. The maximum atomic E-state index is 12.6. The Morgan fingerprint density at radius 1 is 0.771 bits per heavy atom. The second-order valence-electron chi connectivity index (χ2n) is 14.3. The molecule has 2 saturated heterocycles. The van der Waals surface area contributed by atoms with E-state index in [2.05, 4.69) is 115 Å². The minimum atomic E-state index is -1.11. The number of aromatic nitrogens is 4. The first-order valence-corrected chi connectivity index (χ1v) is 25.6. The molecule has 276 valence electrons. The van der Waals surface area contributed by atoms with Gasteiger partial charge in [0.25, 0.3) is 11.1 Å². The van der Waals surface area contributed by atoms with E-state index >= 15 is 0 Å². The summed E-state index contributed by atoms with van der Waals surface area (Å²) >= 11 is 12.0. The number of anilines is 2. The molecule has 48 heavy (non-hydrogen) atoms. The number of halogens is 3. The third-order valence-electron chi connectivity index (χ3n) is 7.57. The van der Waals surface area contributed by atoms with E-state index in [0.717, 1.165) is 65.0 Å². The zero-order valence-electron chi connectivity index (χ0n) is 29.5. The number of rotatable bonds is 11. The van der Waals surface area contributed by atoms with Gasteiger partial charge in [-0.25, -0.2) is 9.97 Å². The van der Waals surface area contributed by atoms with Crippen LogP contribution in [0.3, 0.4) is 0 Å². The van der Waals surface area contributed by atoms with Crippen molar-refractivity contribution < 1.29 is 9.47 Å². The van der Waals surface area contributed by atoms with Crippen LogP contribution in [0.4, 0.5) is 11.6 Å². The highest BCUT2D eigenvalue weighted by Crippen LogP contribution is 2.14. The number of nitrogens with one attached hydrogen (secondary N) is 1. The van der Waals surface area contributed by atoms with Crippen LogP contribution in [0.2, 0.25) is 51.4 Å². The van der Waals surface area contributed by atoms with Gasteiger partial charge in [0.1, 0.15) is 22.0 Å². The quantitative estimate of drug-likeness (QED) is 0.176. The summed E-state index contributed by atoms with van der Waals surface area (Å²) in [5, 5.41) is 0. The summed E-state index contributed by atoms with van der Waals surface area (Å²) in [5.74, 6) is 1.03. The summed E-state index contributed by atoms with van der Waals surface area (Å²) in [6.45, 7) is 22.9. The molecular weight excluding hydrogens is 800 g/mol. The molecule has 0 atom stereocenters. The van der Waals surface area contributed by atoms with Crippen molar-refractivity contribution in [3.8, 4) is 0 Å². The molecule has 17 heteroatoms. The van der Waals surface area contributed by atoms with E-state index in [0.29, 0.717) is 33.5 Å². The SMILES string of the molecule is C.CN1CCN(c2nc(Br)c[nH]c2=O)CC1.CN1CCN(c2nc(Br)cn(COCC[Si](C)(C)C)c2=O)CC1.C[Si](C)(C)CCOCCl. The highest BCUT2D eigenvalue weighted by atomic mass is 79.9. The molecular formula is C31H59Br2ClN8O4Si2. The predicted molar refractivity (Wildman–Crippen MR) is 214 cm³/mol. The summed E-state index contributed by atoms with van der Waals surface area (Å²) in [6.07, 6.45) is 3.26. The van der Waals surface area contributed by atoms with Crippen molar-refractivity contribution in [2.75, 3.05) is 95.5 Å². The fourth-order valence-electron chi connectivity index (χ4n) is 4.39. The molecule has 2 aliphatic heterocycles. The van der Waals surface area contributed by atoms with Gasteiger partial charge in [-0.2, -0.15) is 0 Å². The van der Waals surface area contributed by atoms with Gasteiger partial charge >= 0.3 is 0 Å². The molecule has 2 aliphatic rings. The van der Waals surface area contributed by atoms with Gasteiger partial charge in [0, 0.05) is 94.1 Å². The molecule has 2 aromatic heterocycles. The number of alkyl halides is 1. The summed E-state index contributed by atoms with van der Waals surface area (Å²) in [5.41, 5.74) is -0.200. The lowest BCUT2D eigenvalue weighted by Crippen LogP contribution is -2.47. The molecule has 0 saturated carbocycles. The van der Waals surface area contributed by atoms with Crippen LogP contribution >= 0.6 is 43.5 Å². The molecule has 0 unspecified atom stereocenters. The highest BCUT2D eigenvalue weighted by Gasteiger charge is 2.21. The Labute approximate surface area is 311 Å². The molecule has 0 spiro atoms. The molecule has 2 aromatic rings. The Balaban J connectivity index is 0.000000396. The number of hydrogen-bond acceptors (Lipinski definition) is 10. The lowest BCUT2D eigenvalue weighted by molar-refractivity contribution is 0.0844. The van der Waals surface area contributed by atoms with Gasteiger partial charge in [0.15, 0.2) is 11.6 Å². The number of ether oxygens (including phenoxy) is 2. The summed E-state index contributed by atoms with van der Waals surface area (Å²) in [6, 6.07) is 2.64. The Kier molecular flexibility index (Phi) is 20.5. The first-order valence-electron chi connectivity index (χ1n) is 16.1. The average Bonchev–Trinajstić information content (AvgIpc) is 2.99. The largest absolute Gasteiger partial charge is 0.366 e. The lowest BCUT2D eigenvalue weighted by atomic mass is 10.3. The lowest BCUT2D eigenvalue weighted by Gasteiger charge is -2.32. The summed E-state index contributed by atoms with van der Waals surface area (Å²) in [4.78, 5) is 44.0. The minimum Gasteiger partial charge on any atom is -0.366 e. The van der Waals surface area contributed by atoms with Gasteiger partial charge in [-0.1, -0.05) is 58.3 Å². The van der Waals surface area contributed by atoms with Crippen LogP contribution in [-0.4, -0.2) is 131 Å². The van der Waals surface area contributed by atoms with Crippen LogP contribution in [0.15, 0.2) is 31.2 Å². The number of likely N-dealkylation sites (N-methyl/N-ethyl adjacent to an activating group) is 2. The van der Waals surface area contributed by atoms with Crippen LogP contribution in [0.25, 0.3) is 0 Å². The van der Waals surface area contributed by atoms with Crippen molar-refractivity contribution in [3.63, 3.8) is 0 Å². The van der Waals surface area contributed by atoms with Crippen molar-refractivity contribution in [2.45, 2.75) is 65.5 Å². The Morgan fingerprint density at radius 3 is 1.71 bits per heavy atom. The van der Waals surface area contributed by atoms with E-state index in [1.54, 1.807) is 17.0 Å². The van der Waals surface area contributed by atoms with E-state index in [1.165, 1.54) is 6.04 Å². The smallest absolute Gasteiger partial charge is 0.295 e. The average molecular weight is 859 g/mol. The van der Waals surface area contributed by atoms with Crippen LogP contribution in [-0.2, 0) is 16.2 Å². The Morgan fingerprint density at radius 2 is 1.23 bits per heavy atom. The topological polar surface area (TPSA) is 112 Å². The number of aromatic amines is 1. The second-order valence-corrected chi connectivity index (χ2v) is 27.4. The molecule has 1 N–H and O–H groups in total. The zero-order chi connectivity index (χ0) is 35.2. The summed E-state index contributed by atoms with van der Waals surface area (Å²) < 4.78 is 13.7. The van der Waals surface area contributed by atoms with E-state index in [-0.39, 0.29) is 25.3 Å². The van der Waals surface area contributed by atoms with Gasteiger partial charge in [0.05, 0.1) is 0 Å². The van der Waals surface area contributed by atoms with Gasteiger partial charge in [-0.3, -0.25) is 14.2 Å². The fraction of sp³-hybridized carbons (Fsp3) is 0.742. The molecule has 0 aromatic carbocycles. The van der Waals surface area contributed by atoms with Gasteiger partial charge in [-0.05, 0) is 58.0 Å². The van der Waals surface area contributed by atoms with Crippen LogP contribution in [0, 0.1) is 0 Å². The molecule has 4 heterocycles. The minimum absolute atomic E-state index is 0. The van der Waals surface area contributed by atoms with Crippen molar-refractivity contribution in [1.82, 2.24) is 29.3 Å². The van der Waals surface area contributed by atoms with Gasteiger partial charge in [-0.15, -0.1) is 0 Å². The summed E-state index contributed by atoms with van der Waals surface area (Å²) in [7, 11) is 2.18. The van der Waals surface area contributed by atoms with Crippen molar-refractivity contribution in [2.24, 2.45) is 0 Å². The number of nitrogens with zero attached hydrogens (tertiary/aromatic N) is 7. The van der Waals surface area contributed by atoms with Crippen molar-refractivity contribution in [1.29, 1.82) is 0 Å². The first-order chi connectivity index (χ1) is 22.0. The van der Waals surface area contributed by atoms with Gasteiger partial charge in [0.2, 0.25) is 0 Å². The highest BCUT2D eigenvalue weighted by molar-refractivity contribution is 9.10. The van der Waals surface area contributed by atoms with E-state index in [4.69, 9.17) is 21.1 Å². The van der Waals surface area contributed by atoms with Gasteiger partial charge < -0.3 is 34.1 Å². The molecule has 12 nitrogen and oxygen atoms in total. The number of H-pyrrole nitrogens is 1. The number of piperazine rings is 2. The predicted octanol–water partition coefficient (Wildman–Crippen LogP) is 5.53. The second kappa shape index (κ2) is 22.0. The Hall–Kier alpha value is -1.12. The molecule has 0 aliphatic carbocycles. The molecule has 4 rings (SSSR count). The van der Waals surface area contributed by atoms with Crippen molar-refractivity contribution in [3.05, 3.63) is 42.3 Å². The maximum absolute atomic E-state index is 12.6. The van der Waals surface area contributed by atoms with E-state index in [1.807, 2.05) is 4.90 Å².